The number of pyridine rings is 1. The fourth-order valence-corrected chi connectivity index (χ4v) is 5.87. The van der Waals surface area contributed by atoms with Gasteiger partial charge in [0.1, 0.15) is 11.6 Å². The number of carbonyl (C=O) groups is 3. The number of nitrogens with one attached hydrogen (secondary N) is 2. The molecule has 1 aliphatic heterocycles. The minimum absolute atomic E-state index is 0.0722. The quantitative estimate of drug-likeness (QED) is 0.448. The summed E-state index contributed by atoms with van der Waals surface area (Å²) in [6.45, 7) is 5.38. The van der Waals surface area contributed by atoms with Gasteiger partial charge in [-0.25, -0.2) is 13.4 Å². The molecule has 38 heavy (non-hydrogen) atoms. The van der Waals surface area contributed by atoms with E-state index in [0.29, 0.717) is 18.4 Å². The molecule has 3 aromatic rings. The van der Waals surface area contributed by atoms with Crippen LogP contribution in [0.1, 0.15) is 44.2 Å². The second-order valence-corrected chi connectivity index (χ2v) is 11.9. The van der Waals surface area contributed by atoms with Crippen molar-refractivity contribution in [3.05, 3.63) is 60.5 Å². The van der Waals surface area contributed by atoms with E-state index >= 15 is 0 Å². The van der Waals surface area contributed by atoms with Crippen LogP contribution in [0.25, 0.3) is 11.0 Å². The number of rotatable bonds is 8. The first-order valence-electron chi connectivity index (χ1n) is 12.6. The standard InChI is InChI=1S/C27H32N4O6S/c1-17(2)14-20(29-27(34)23-15-19-8-4-5-9-22(19)37-23)26(33)30-25-18(3)11-13-31(16-21(25)32)38(35,36)24-10-6-7-12-28-24/h4-10,12,15,17-18,20,25H,11,13-14,16H2,1-3H3,(H,29,34)(H,30,33)/t18?,20?,25-/m0/s1. The number of hydrogen-bond donors (Lipinski definition) is 2. The molecule has 0 spiro atoms. The van der Waals surface area contributed by atoms with Crippen LogP contribution in [0.4, 0.5) is 0 Å². The van der Waals surface area contributed by atoms with Crippen molar-refractivity contribution in [1.29, 1.82) is 0 Å². The van der Waals surface area contributed by atoms with Crippen LogP contribution in [-0.2, 0) is 19.6 Å². The van der Waals surface area contributed by atoms with E-state index in [1.54, 1.807) is 37.3 Å². The van der Waals surface area contributed by atoms with E-state index in [0.717, 1.165) is 9.69 Å². The molecular weight excluding hydrogens is 508 g/mol. The Balaban J connectivity index is 1.48. The monoisotopic (exact) mass is 540 g/mol. The van der Waals surface area contributed by atoms with E-state index in [9.17, 15) is 22.8 Å². The van der Waals surface area contributed by atoms with Gasteiger partial charge in [0.05, 0.1) is 12.6 Å². The molecule has 202 valence electrons. The predicted octanol–water partition coefficient (Wildman–Crippen LogP) is 2.76. The van der Waals surface area contributed by atoms with Gasteiger partial charge in [0.15, 0.2) is 16.6 Å². The first kappa shape index (κ1) is 27.5. The Morgan fingerprint density at radius 1 is 1.16 bits per heavy atom. The lowest BCUT2D eigenvalue weighted by molar-refractivity contribution is -0.129. The molecule has 0 aliphatic carbocycles. The number of fused-ring (bicyclic) bond motifs is 1. The Bertz CT molecular complexity index is 1390. The smallest absolute Gasteiger partial charge is 0.287 e. The van der Waals surface area contributed by atoms with Crippen LogP contribution in [0.15, 0.2) is 64.2 Å². The van der Waals surface area contributed by atoms with Crippen LogP contribution in [0.2, 0.25) is 0 Å². The van der Waals surface area contributed by atoms with E-state index in [2.05, 4.69) is 15.6 Å². The van der Waals surface area contributed by atoms with Crippen molar-refractivity contribution in [2.24, 2.45) is 11.8 Å². The molecule has 2 aromatic heterocycles. The summed E-state index contributed by atoms with van der Waals surface area (Å²) in [5.74, 6) is -1.62. The molecule has 2 N–H and O–H groups in total. The van der Waals surface area contributed by atoms with Gasteiger partial charge in [-0.1, -0.05) is 45.0 Å². The van der Waals surface area contributed by atoms with Crippen LogP contribution in [0, 0.1) is 11.8 Å². The molecule has 1 saturated heterocycles. The molecule has 2 amide bonds. The Hall–Kier alpha value is -3.57. The molecule has 1 fully saturated rings. The van der Waals surface area contributed by atoms with Crippen molar-refractivity contribution < 1.29 is 27.2 Å². The third kappa shape index (κ3) is 6.11. The number of nitrogens with zero attached hydrogens (tertiary/aromatic N) is 2. The summed E-state index contributed by atoms with van der Waals surface area (Å²) >= 11 is 0. The van der Waals surface area contributed by atoms with E-state index in [-0.39, 0.29) is 35.7 Å². The maximum Gasteiger partial charge on any atom is 0.287 e. The maximum absolute atomic E-state index is 13.3. The Labute approximate surface area is 221 Å². The first-order valence-corrected chi connectivity index (χ1v) is 14.0. The van der Waals surface area contributed by atoms with Gasteiger partial charge in [0, 0.05) is 18.1 Å². The van der Waals surface area contributed by atoms with Gasteiger partial charge < -0.3 is 15.1 Å². The second kappa shape index (κ2) is 11.4. The summed E-state index contributed by atoms with van der Waals surface area (Å²) in [6, 6.07) is 11.6. The fraction of sp³-hybridized carbons (Fsp3) is 0.407. The van der Waals surface area contributed by atoms with Gasteiger partial charge in [-0.05, 0) is 48.9 Å². The zero-order chi connectivity index (χ0) is 27.4. The summed E-state index contributed by atoms with van der Waals surface area (Å²) in [6.07, 6.45) is 2.09. The lowest BCUT2D eigenvalue weighted by atomic mass is 9.95. The maximum atomic E-state index is 13.3. The predicted molar refractivity (Wildman–Crippen MR) is 141 cm³/mol. The summed E-state index contributed by atoms with van der Waals surface area (Å²) in [4.78, 5) is 43.4. The summed E-state index contributed by atoms with van der Waals surface area (Å²) in [5, 5.41) is 6.17. The van der Waals surface area contributed by atoms with Gasteiger partial charge in [-0.15, -0.1) is 0 Å². The number of furan rings is 1. The van der Waals surface area contributed by atoms with Crippen molar-refractivity contribution in [1.82, 2.24) is 19.9 Å². The molecule has 1 aromatic carbocycles. The highest BCUT2D eigenvalue weighted by molar-refractivity contribution is 7.89. The Morgan fingerprint density at radius 2 is 1.89 bits per heavy atom. The molecule has 11 heteroatoms. The second-order valence-electron chi connectivity index (χ2n) is 10.0. The molecule has 0 saturated carbocycles. The minimum Gasteiger partial charge on any atom is -0.451 e. The lowest BCUT2D eigenvalue weighted by Gasteiger charge is -2.25. The lowest BCUT2D eigenvalue weighted by Crippen LogP contribution is -2.54. The fourth-order valence-electron chi connectivity index (χ4n) is 4.52. The molecule has 0 bridgehead atoms. The number of aromatic nitrogens is 1. The Kier molecular flexibility index (Phi) is 8.27. The number of benzene rings is 1. The molecule has 2 unspecified atom stereocenters. The van der Waals surface area contributed by atoms with E-state index in [4.69, 9.17) is 4.42 Å². The normalized spacial score (nSPS) is 19.7. The minimum atomic E-state index is -3.96. The van der Waals surface area contributed by atoms with Gasteiger partial charge >= 0.3 is 0 Å². The number of hydrogen-bond acceptors (Lipinski definition) is 7. The highest BCUT2D eigenvalue weighted by Crippen LogP contribution is 2.22. The highest BCUT2D eigenvalue weighted by Gasteiger charge is 2.38. The molecular formula is C27H32N4O6S. The molecule has 3 atom stereocenters. The zero-order valence-corrected chi connectivity index (χ0v) is 22.4. The van der Waals surface area contributed by atoms with E-state index in [1.807, 2.05) is 26.0 Å². The average Bonchev–Trinajstić information content (AvgIpc) is 3.27. The molecule has 4 rings (SSSR count). The summed E-state index contributed by atoms with van der Waals surface area (Å²) < 4.78 is 32.8. The van der Waals surface area contributed by atoms with Crippen LogP contribution in [0.5, 0.6) is 0 Å². The zero-order valence-electron chi connectivity index (χ0n) is 21.6. The third-order valence-corrected chi connectivity index (χ3v) is 8.36. The van der Waals surface area contributed by atoms with Crippen molar-refractivity contribution in [3.8, 4) is 0 Å². The van der Waals surface area contributed by atoms with Crippen LogP contribution in [-0.4, -0.2) is 60.5 Å². The van der Waals surface area contributed by atoms with Crippen LogP contribution < -0.4 is 10.6 Å². The highest BCUT2D eigenvalue weighted by atomic mass is 32.2. The van der Waals surface area contributed by atoms with Gasteiger partial charge in [0.25, 0.3) is 15.9 Å². The number of para-hydroxylation sites is 1. The van der Waals surface area contributed by atoms with Crippen molar-refractivity contribution >= 4 is 38.6 Å². The largest absolute Gasteiger partial charge is 0.451 e. The summed E-state index contributed by atoms with van der Waals surface area (Å²) in [7, 11) is -3.96. The SMILES string of the molecule is CC(C)CC(NC(=O)c1cc2ccccc2o1)C(=O)N[C@@H]1C(=O)CN(S(=O)(=O)c2ccccn2)CCC1C. The van der Waals surface area contributed by atoms with Crippen molar-refractivity contribution in [3.63, 3.8) is 0 Å². The van der Waals surface area contributed by atoms with Crippen LogP contribution >= 0.6 is 0 Å². The van der Waals surface area contributed by atoms with Gasteiger partial charge in [-0.3, -0.25) is 14.4 Å². The third-order valence-electron chi connectivity index (χ3n) is 6.60. The van der Waals surface area contributed by atoms with E-state index in [1.165, 1.54) is 12.3 Å². The number of carbonyl (C=O) groups excluding carboxylic acids is 3. The van der Waals surface area contributed by atoms with Crippen LogP contribution in [0.3, 0.4) is 0 Å². The molecule has 0 radical (unpaired) electrons. The molecule has 10 nitrogen and oxygen atoms in total. The topological polar surface area (TPSA) is 139 Å². The number of Topliss-reactive ketones (excluding diaryl/α,β-unsaturated/α-hetero) is 1. The molecule has 1 aliphatic rings. The first-order chi connectivity index (χ1) is 18.1. The average molecular weight is 541 g/mol. The summed E-state index contributed by atoms with van der Waals surface area (Å²) in [5.41, 5.74) is 0.561. The van der Waals surface area contributed by atoms with Crippen molar-refractivity contribution in [2.45, 2.75) is 50.7 Å². The number of amides is 2. The van der Waals surface area contributed by atoms with Gasteiger partial charge in [-0.2, -0.15) is 4.31 Å². The van der Waals surface area contributed by atoms with Crippen molar-refractivity contribution in [2.75, 3.05) is 13.1 Å². The number of ketones is 1. The number of sulfonamides is 1. The Morgan fingerprint density at radius 3 is 2.58 bits per heavy atom. The van der Waals surface area contributed by atoms with E-state index < -0.39 is 39.7 Å². The molecule has 3 heterocycles. The van der Waals surface area contributed by atoms with Gasteiger partial charge in [0.2, 0.25) is 5.91 Å².